The largest absolute Gasteiger partial charge is 0.250 e. The van der Waals surface area contributed by atoms with Crippen molar-refractivity contribution in [3.05, 3.63) is 60.3 Å². The van der Waals surface area contributed by atoms with Crippen LogP contribution >= 0.6 is 0 Å². The van der Waals surface area contributed by atoms with Gasteiger partial charge in [-0.3, -0.25) is 0 Å². The van der Waals surface area contributed by atoms with E-state index in [9.17, 15) is 0 Å². The summed E-state index contributed by atoms with van der Waals surface area (Å²) in [4.78, 5) is 4.38. The molecule has 0 bridgehead atoms. The Hall–Kier alpha value is -2.22. The fraction of sp³-hybridized carbons (Fsp3) is 0.125. The van der Waals surface area contributed by atoms with Crippen LogP contribution in [0, 0.1) is 6.92 Å². The Morgan fingerprint density at radius 2 is 1.78 bits per heavy atom. The molecular weight excluding hydrogens is 220 g/mol. The van der Waals surface area contributed by atoms with Crippen LogP contribution in [0.3, 0.4) is 0 Å². The van der Waals surface area contributed by atoms with Crippen LogP contribution in [0.25, 0.3) is 22.3 Å². The van der Waals surface area contributed by atoms with E-state index in [0.29, 0.717) is 0 Å². The second-order valence-corrected chi connectivity index (χ2v) is 4.50. The molecule has 0 aliphatic rings. The zero-order chi connectivity index (χ0) is 12.5. The minimum absolute atomic E-state index is 1.03. The third kappa shape index (κ3) is 1.66. The molecule has 2 aromatic heterocycles. The van der Waals surface area contributed by atoms with Crippen LogP contribution in [-0.4, -0.2) is 4.98 Å². The first kappa shape index (κ1) is 10.9. The average Bonchev–Trinajstić information content (AvgIpc) is 2.41. The quantitative estimate of drug-likeness (QED) is 0.592. The maximum atomic E-state index is 4.38. The Labute approximate surface area is 107 Å². The zero-order valence-corrected chi connectivity index (χ0v) is 10.6. The van der Waals surface area contributed by atoms with E-state index in [1.807, 2.05) is 12.3 Å². The van der Waals surface area contributed by atoms with E-state index in [-0.39, 0.29) is 0 Å². The van der Waals surface area contributed by atoms with Gasteiger partial charge in [0.15, 0.2) is 0 Å². The summed E-state index contributed by atoms with van der Waals surface area (Å²) in [5.41, 5.74) is 5.95. The highest BCUT2D eigenvalue weighted by atomic mass is 14.9. The molecule has 0 saturated carbocycles. The van der Waals surface area contributed by atoms with E-state index in [2.05, 4.69) is 66.0 Å². The van der Waals surface area contributed by atoms with Crippen molar-refractivity contribution in [3.63, 3.8) is 0 Å². The van der Waals surface area contributed by atoms with Crippen LogP contribution in [0.4, 0.5) is 0 Å². The van der Waals surface area contributed by atoms with Crippen LogP contribution in [0.5, 0.6) is 0 Å². The summed E-state index contributed by atoms with van der Waals surface area (Å²) in [5.74, 6) is 0. The summed E-state index contributed by atoms with van der Waals surface area (Å²) in [6, 6.07) is 16.7. The molecule has 0 aliphatic heterocycles. The van der Waals surface area contributed by atoms with Crippen molar-refractivity contribution in [2.45, 2.75) is 6.92 Å². The van der Waals surface area contributed by atoms with Gasteiger partial charge in [0.25, 0.3) is 0 Å². The van der Waals surface area contributed by atoms with Gasteiger partial charge in [-0.1, -0.05) is 18.2 Å². The third-order valence-electron chi connectivity index (χ3n) is 3.36. The Bertz CT molecular complexity index is 717. The number of hydrogen-bond acceptors (Lipinski definition) is 1. The molecule has 0 amide bonds. The maximum absolute atomic E-state index is 4.38. The van der Waals surface area contributed by atoms with Gasteiger partial charge in [0.2, 0.25) is 11.2 Å². The first-order valence-corrected chi connectivity index (χ1v) is 6.07. The first-order chi connectivity index (χ1) is 8.77. The number of nitrogens with zero attached hydrogens (tertiary/aromatic N) is 2. The first-order valence-electron chi connectivity index (χ1n) is 6.07. The number of benzene rings is 1. The molecule has 0 spiro atoms. The van der Waals surface area contributed by atoms with Gasteiger partial charge in [-0.25, -0.2) is 4.98 Å². The predicted molar refractivity (Wildman–Crippen MR) is 73.1 cm³/mol. The molecule has 18 heavy (non-hydrogen) atoms. The topological polar surface area (TPSA) is 16.8 Å². The van der Waals surface area contributed by atoms with Crippen LogP contribution in [-0.2, 0) is 7.05 Å². The van der Waals surface area contributed by atoms with E-state index >= 15 is 0 Å². The lowest BCUT2D eigenvalue weighted by Gasteiger charge is -2.05. The molecule has 3 rings (SSSR count). The molecule has 2 nitrogen and oxygen atoms in total. The van der Waals surface area contributed by atoms with E-state index in [0.717, 1.165) is 11.0 Å². The van der Waals surface area contributed by atoms with Crippen molar-refractivity contribution in [2.75, 3.05) is 0 Å². The fourth-order valence-corrected chi connectivity index (χ4v) is 2.35. The highest BCUT2D eigenvalue weighted by Gasteiger charge is 2.15. The van der Waals surface area contributed by atoms with Crippen molar-refractivity contribution >= 4 is 11.0 Å². The zero-order valence-electron chi connectivity index (χ0n) is 10.6. The SMILES string of the molecule is Cc1ccccc1-c1ccc2ncccc2[n+]1C. The van der Waals surface area contributed by atoms with Crippen molar-refractivity contribution in [1.82, 2.24) is 4.98 Å². The van der Waals surface area contributed by atoms with Crippen molar-refractivity contribution in [1.29, 1.82) is 0 Å². The maximum Gasteiger partial charge on any atom is 0.231 e. The molecule has 0 fully saturated rings. The monoisotopic (exact) mass is 235 g/mol. The Morgan fingerprint density at radius 1 is 0.944 bits per heavy atom. The van der Waals surface area contributed by atoms with Gasteiger partial charge in [0, 0.05) is 23.9 Å². The van der Waals surface area contributed by atoms with Gasteiger partial charge < -0.3 is 0 Å². The van der Waals surface area contributed by atoms with Crippen LogP contribution in [0.1, 0.15) is 5.56 Å². The molecule has 88 valence electrons. The summed E-state index contributed by atoms with van der Waals surface area (Å²) >= 11 is 0. The number of hydrogen-bond donors (Lipinski definition) is 0. The number of pyridine rings is 2. The number of fused-ring (bicyclic) bond motifs is 1. The molecule has 0 unspecified atom stereocenters. The summed E-state index contributed by atoms with van der Waals surface area (Å²) in [6.45, 7) is 2.14. The van der Waals surface area contributed by atoms with Crippen LogP contribution < -0.4 is 4.57 Å². The van der Waals surface area contributed by atoms with Gasteiger partial charge >= 0.3 is 0 Å². The smallest absolute Gasteiger partial charge is 0.231 e. The number of rotatable bonds is 1. The van der Waals surface area contributed by atoms with Gasteiger partial charge in [0.05, 0.1) is 0 Å². The molecular formula is C16H15N2+. The predicted octanol–water partition coefficient (Wildman–Crippen LogP) is 3.03. The van der Waals surface area contributed by atoms with Crippen LogP contribution in [0.2, 0.25) is 0 Å². The highest BCUT2D eigenvalue weighted by molar-refractivity contribution is 5.73. The molecule has 0 aliphatic carbocycles. The lowest BCUT2D eigenvalue weighted by molar-refractivity contribution is -0.633. The average molecular weight is 235 g/mol. The molecule has 3 aromatic rings. The number of aryl methyl sites for hydroxylation is 2. The molecule has 2 heteroatoms. The summed E-state index contributed by atoms with van der Waals surface area (Å²) in [6.07, 6.45) is 1.83. The highest BCUT2D eigenvalue weighted by Crippen LogP contribution is 2.21. The Morgan fingerprint density at radius 3 is 2.61 bits per heavy atom. The molecule has 0 saturated heterocycles. The number of aromatic nitrogens is 2. The van der Waals surface area contributed by atoms with E-state index in [1.165, 1.54) is 16.8 Å². The molecule has 0 N–H and O–H groups in total. The minimum Gasteiger partial charge on any atom is -0.250 e. The molecule has 0 radical (unpaired) electrons. The standard InChI is InChI=1S/C16H15N2/c1-12-6-3-4-7-13(12)15-10-9-14-16(18(15)2)8-5-11-17-14/h3-11H,1-2H3/q+1. The van der Waals surface area contributed by atoms with E-state index in [4.69, 9.17) is 0 Å². The minimum atomic E-state index is 1.03. The molecule has 1 aromatic carbocycles. The third-order valence-corrected chi connectivity index (χ3v) is 3.36. The van der Waals surface area contributed by atoms with Gasteiger partial charge in [-0.2, -0.15) is 4.57 Å². The van der Waals surface area contributed by atoms with Crippen molar-refractivity contribution < 1.29 is 4.57 Å². The van der Waals surface area contributed by atoms with Gasteiger partial charge in [0.1, 0.15) is 12.6 Å². The van der Waals surface area contributed by atoms with E-state index in [1.54, 1.807) is 0 Å². The second kappa shape index (κ2) is 4.22. The Kier molecular flexibility index (Phi) is 2.56. The summed E-state index contributed by atoms with van der Waals surface area (Å²) in [5, 5.41) is 0. The second-order valence-electron chi connectivity index (χ2n) is 4.50. The molecule has 2 heterocycles. The van der Waals surface area contributed by atoms with Crippen molar-refractivity contribution in [3.8, 4) is 11.3 Å². The van der Waals surface area contributed by atoms with Crippen molar-refractivity contribution in [2.24, 2.45) is 7.05 Å². The summed E-state index contributed by atoms with van der Waals surface area (Å²) < 4.78 is 2.20. The lowest BCUT2D eigenvalue weighted by atomic mass is 10.0. The molecule has 0 atom stereocenters. The van der Waals surface area contributed by atoms with E-state index < -0.39 is 0 Å². The van der Waals surface area contributed by atoms with Crippen LogP contribution in [0.15, 0.2) is 54.7 Å². The summed E-state index contributed by atoms with van der Waals surface area (Å²) in [7, 11) is 2.09. The van der Waals surface area contributed by atoms with Gasteiger partial charge in [-0.05, 0) is 30.7 Å². The normalized spacial score (nSPS) is 10.8. The Balaban J connectivity index is 2.31. The fourth-order valence-electron chi connectivity index (χ4n) is 2.35. The van der Waals surface area contributed by atoms with Gasteiger partial charge in [-0.15, -0.1) is 0 Å². The lowest BCUT2D eigenvalue weighted by Crippen LogP contribution is -2.32.